The second-order valence-corrected chi connectivity index (χ2v) is 4.47. The van der Waals surface area contributed by atoms with Crippen LogP contribution in [0.1, 0.15) is 5.56 Å². The summed E-state index contributed by atoms with van der Waals surface area (Å²) in [5.41, 5.74) is 1.30. The van der Waals surface area contributed by atoms with Crippen molar-refractivity contribution in [2.24, 2.45) is 0 Å². The molecule has 104 valence electrons. The average molecular weight is 275 g/mol. The number of pyridine rings is 1. The molecule has 3 nitrogen and oxygen atoms in total. The van der Waals surface area contributed by atoms with E-state index in [1.807, 2.05) is 0 Å². The molecule has 2 aromatic heterocycles. The first-order valence-electron chi connectivity index (χ1n) is 5.72. The maximum Gasteiger partial charge on any atom is 0.401 e. The second kappa shape index (κ2) is 5.16. The summed E-state index contributed by atoms with van der Waals surface area (Å²) in [6.45, 7) is -0.717. The van der Waals surface area contributed by atoms with Crippen molar-refractivity contribution in [3.63, 3.8) is 0 Å². The number of aromatic nitrogens is 2. The summed E-state index contributed by atoms with van der Waals surface area (Å²) < 4.78 is 49.6. The molecule has 0 aliphatic rings. The molecule has 2 aromatic rings. The van der Waals surface area contributed by atoms with Crippen LogP contribution in [0.15, 0.2) is 18.5 Å². The van der Waals surface area contributed by atoms with Crippen LogP contribution < -0.4 is 0 Å². The Morgan fingerprint density at radius 2 is 2.11 bits per heavy atom. The topological polar surface area (TPSA) is 31.9 Å². The molecular weight excluding hydrogens is 262 g/mol. The molecule has 0 fully saturated rings. The molecule has 0 aliphatic carbocycles. The van der Waals surface area contributed by atoms with Gasteiger partial charge in [0.15, 0.2) is 0 Å². The van der Waals surface area contributed by atoms with Gasteiger partial charge in [-0.3, -0.25) is 4.90 Å². The number of likely N-dealkylation sites (N-methyl/N-ethyl adjacent to an activating group) is 1. The van der Waals surface area contributed by atoms with Crippen LogP contribution in [0, 0.1) is 5.82 Å². The third-order valence-corrected chi connectivity index (χ3v) is 2.80. The van der Waals surface area contributed by atoms with Crippen LogP contribution >= 0.6 is 0 Å². The summed E-state index contributed by atoms with van der Waals surface area (Å²) in [4.78, 5) is 7.92. The quantitative estimate of drug-likeness (QED) is 0.870. The van der Waals surface area contributed by atoms with Crippen molar-refractivity contribution < 1.29 is 17.6 Å². The lowest BCUT2D eigenvalue weighted by Crippen LogP contribution is -2.32. The van der Waals surface area contributed by atoms with Gasteiger partial charge in [-0.05, 0) is 25.1 Å². The van der Waals surface area contributed by atoms with Crippen LogP contribution in [0.2, 0.25) is 0 Å². The van der Waals surface area contributed by atoms with Gasteiger partial charge in [0, 0.05) is 18.1 Å². The van der Waals surface area contributed by atoms with E-state index >= 15 is 0 Å². The van der Waals surface area contributed by atoms with Crippen molar-refractivity contribution in [3.05, 3.63) is 29.8 Å². The van der Waals surface area contributed by atoms with Gasteiger partial charge in [0.1, 0.15) is 11.5 Å². The van der Waals surface area contributed by atoms with Gasteiger partial charge < -0.3 is 4.98 Å². The Morgan fingerprint density at radius 1 is 1.37 bits per heavy atom. The van der Waals surface area contributed by atoms with Crippen LogP contribution in [0.3, 0.4) is 0 Å². The van der Waals surface area contributed by atoms with E-state index in [0.717, 1.165) is 11.8 Å². The zero-order valence-electron chi connectivity index (χ0n) is 10.3. The normalized spacial score (nSPS) is 12.5. The fourth-order valence-corrected chi connectivity index (χ4v) is 1.94. The number of nitrogens with zero attached hydrogens (tertiary/aromatic N) is 2. The maximum atomic E-state index is 13.1. The first kappa shape index (κ1) is 13.8. The van der Waals surface area contributed by atoms with Crippen molar-refractivity contribution in [3.8, 4) is 0 Å². The summed E-state index contributed by atoms with van der Waals surface area (Å²) in [6.07, 6.45) is -1.06. The van der Waals surface area contributed by atoms with Crippen molar-refractivity contribution in [1.29, 1.82) is 0 Å². The first-order chi connectivity index (χ1) is 8.85. The minimum atomic E-state index is -4.21. The minimum absolute atomic E-state index is 0.239. The first-order valence-corrected chi connectivity index (χ1v) is 5.72. The Kier molecular flexibility index (Phi) is 3.75. The summed E-state index contributed by atoms with van der Waals surface area (Å²) in [7, 11) is 1.40. The van der Waals surface area contributed by atoms with Gasteiger partial charge in [-0.2, -0.15) is 13.2 Å². The van der Waals surface area contributed by atoms with E-state index in [1.54, 1.807) is 6.20 Å². The lowest BCUT2D eigenvalue weighted by atomic mass is 10.1. The minimum Gasteiger partial charge on any atom is -0.346 e. The number of fused-ring (bicyclic) bond motifs is 1. The lowest BCUT2D eigenvalue weighted by Gasteiger charge is -2.18. The Bertz CT molecular complexity index is 562. The molecule has 19 heavy (non-hydrogen) atoms. The molecule has 0 radical (unpaired) electrons. The van der Waals surface area contributed by atoms with Gasteiger partial charge in [0.05, 0.1) is 12.7 Å². The molecule has 0 aliphatic heterocycles. The summed E-state index contributed by atoms with van der Waals surface area (Å²) >= 11 is 0. The number of nitrogens with one attached hydrogen (secondary N) is 1. The van der Waals surface area contributed by atoms with Crippen LogP contribution in [-0.2, 0) is 6.42 Å². The van der Waals surface area contributed by atoms with Crippen LogP contribution in [0.25, 0.3) is 11.0 Å². The number of halogens is 4. The molecule has 1 N–H and O–H groups in total. The Hall–Kier alpha value is -1.63. The fourth-order valence-electron chi connectivity index (χ4n) is 1.94. The van der Waals surface area contributed by atoms with Crippen molar-refractivity contribution in [1.82, 2.24) is 14.9 Å². The average Bonchev–Trinajstić information content (AvgIpc) is 2.66. The standard InChI is InChI=1S/C12H13F4N3/c1-19(7-12(14,15)16)3-2-8-5-17-11-10(8)4-9(13)6-18-11/h4-6H,2-3,7H2,1H3,(H,17,18). The Balaban J connectivity index is 2.04. The van der Waals surface area contributed by atoms with Gasteiger partial charge in [0.25, 0.3) is 0 Å². The maximum absolute atomic E-state index is 13.1. The Labute approximate surface area is 107 Å². The number of H-pyrrole nitrogens is 1. The molecule has 7 heteroatoms. The molecule has 0 bridgehead atoms. The van der Waals surface area contributed by atoms with E-state index < -0.39 is 18.5 Å². The smallest absolute Gasteiger partial charge is 0.346 e. The largest absolute Gasteiger partial charge is 0.401 e. The van der Waals surface area contributed by atoms with Crippen molar-refractivity contribution in [2.75, 3.05) is 20.1 Å². The molecule has 2 heterocycles. The summed E-state index contributed by atoms with van der Waals surface area (Å²) in [5.74, 6) is -0.461. The van der Waals surface area contributed by atoms with E-state index in [1.165, 1.54) is 18.0 Å². The van der Waals surface area contributed by atoms with Gasteiger partial charge >= 0.3 is 6.18 Å². The van der Waals surface area contributed by atoms with Gasteiger partial charge in [-0.15, -0.1) is 0 Å². The summed E-state index contributed by atoms with van der Waals surface area (Å²) in [5, 5.41) is 0.611. The highest BCUT2D eigenvalue weighted by atomic mass is 19.4. The molecule has 0 aromatic carbocycles. The van der Waals surface area contributed by atoms with E-state index in [0.29, 0.717) is 17.5 Å². The predicted octanol–water partition coefficient (Wildman–Crippen LogP) is 2.74. The monoisotopic (exact) mass is 275 g/mol. The second-order valence-electron chi connectivity index (χ2n) is 4.47. The number of hydrogen-bond acceptors (Lipinski definition) is 2. The van der Waals surface area contributed by atoms with Crippen molar-refractivity contribution in [2.45, 2.75) is 12.6 Å². The molecular formula is C12H13F4N3. The highest BCUT2D eigenvalue weighted by Crippen LogP contribution is 2.19. The molecule has 0 amide bonds. The number of hydrogen-bond donors (Lipinski definition) is 1. The predicted molar refractivity (Wildman–Crippen MR) is 63.3 cm³/mol. The van der Waals surface area contributed by atoms with E-state index in [9.17, 15) is 17.6 Å². The Morgan fingerprint density at radius 3 is 2.79 bits per heavy atom. The SMILES string of the molecule is CN(CCc1c[nH]c2ncc(F)cc12)CC(F)(F)F. The highest BCUT2D eigenvalue weighted by Gasteiger charge is 2.28. The molecule has 0 spiro atoms. The van der Waals surface area contributed by atoms with Crippen LogP contribution in [0.5, 0.6) is 0 Å². The third kappa shape index (κ3) is 3.66. The number of aromatic amines is 1. The molecule has 0 unspecified atom stereocenters. The van der Waals surface area contributed by atoms with Gasteiger partial charge in [-0.25, -0.2) is 9.37 Å². The zero-order valence-corrected chi connectivity index (χ0v) is 10.3. The third-order valence-electron chi connectivity index (χ3n) is 2.80. The molecule has 2 rings (SSSR count). The molecule has 0 saturated carbocycles. The lowest BCUT2D eigenvalue weighted by molar-refractivity contribution is -0.142. The summed E-state index contributed by atoms with van der Waals surface area (Å²) in [6, 6.07) is 1.33. The van der Waals surface area contributed by atoms with Crippen molar-refractivity contribution >= 4 is 11.0 Å². The number of alkyl halides is 3. The highest BCUT2D eigenvalue weighted by molar-refractivity contribution is 5.79. The zero-order chi connectivity index (χ0) is 14.0. The van der Waals surface area contributed by atoms with Crippen LogP contribution in [0.4, 0.5) is 17.6 Å². The fraction of sp³-hybridized carbons (Fsp3) is 0.417. The molecule has 0 saturated heterocycles. The van der Waals surface area contributed by atoms with E-state index in [2.05, 4.69) is 9.97 Å². The van der Waals surface area contributed by atoms with Gasteiger partial charge in [-0.1, -0.05) is 0 Å². The van der Waals surface area contributed by atoms with E-state index in [-0.39, 0.29) is 6.54 Å². The number of rotatable bonds is 4. The van der Waals surface area contributed by atoms with E-state index in [4.69, 9.17) is 0 Å². The van der Waals surface area contributed by atoms with Gasteiger partial charge in [0.2, 0.25) is 0 Å². The molecule has 0 atom stereocenters. The van der Waals surface area contributed by atoms with Crippen LogP contribution in [-0.4, -0.2) is 41.2 Å².